The van der Waals surface area contributed by atoms with Crippen LogP contribution < -0.4 is 10.9 Å². The minimum Gasteiger partial charge on any atom is -0.376 e. The molecule has 7 nitrogen and oxygen atoms in total. The summed E-state index contributed by atoms with van der Waals surface area (Å²) in [7, 11) is 0. The van der Waals surface area contributed by atoms with Gasteiger partial charge in [0.1, 0.15) is 4.83 Å². The van der Waals surface area contributed by atoms with Crippen LogP contribution in [0.25, 0.3) is 10.2 Å². The van der Waals surface area contributed by atoms with Gasteiger partial charge in [-0.25, -0.2) is 4.98 Å². The lowest BCUT2D eigenvalue weighted by molar-refractivity contribution is -0.113. The van der Waals surface area contributed by atoms with Crippen molar-refractivity contribution in [3.63, 3.8) is 0 Å². The predicted molar refractivity (Wildman–Crippen MR) is 127 cm³/mol. The minimum atomic E-state index is -0.222. The Hall–Kier alpha value is -2.67. The normalized spacial score (nSPS) is 15.7. The van der Waals surface area contributed by atoms with Gasteiger partial charge >= 0.3 is 0 Å². The zero-order valence-electron chi connectivity index (χ0n) is 18.0. The molecule has 4 rings (SSSR count). The summed E-state index contributed by atoms with van der Waals surface area (Å²) >= 11 is 2.77. The van der Waals surface area contributed by atoms with E-state index in [0.29, 0.717) is 34.9 Å². The van der Waals surface area contributed by atoms with Crippen molar-refractivity contribution in [1.82, 2.24) is 9.55 Å². The molecule has 0 bridgehead atoms. The van der Waals surface area contributed by atoms with Crippen molar-refractivity contribution in [2.24, 2.45) is 0 Å². The fraction of sp³-hybridized carbons (Fsp3) is 0.391. The van der Waals surface area contributed by atoms with E-state index in [-0.39, 0.29) is 23.3 Å². The van der Waals surface area contributed by atoms with Crippen LogP contribution in [0.15, 0.2) is 34.2 Å². The lowest BCUT2D eigenvalue weighted by Gasteiger charge is -2.16. The van der Waals surface area contributed by atoms with Gasteiger partial charge in [0.05, 0.1) is 35.4 Å². The highest BCUT2D eigenvalue weighted by Gasteiger charge is 2.23. The second kappa shape index (κ2) is 9.86. The van der Waals surface area contributed by atoms with Crippen LogP contribution in [-0.2, 0) is 22.5 Å². The Balaban J connectivity index is 1.60. The van der Waals surface area contributed by atoms with E-state index >= 15 is 0 Å². The molecule has 0 radical (unpaired) electrons. The van der Waals surface area contributed by atoms with E-state index in [2.05, 4.69) is 11.4 Å². The lowest BCUT2D eigenvalue weighted by Crippen LogP contribution is -2.29. The van der Waals surface area contributed by atoms with Gasteiger partial charge in [-0.2, -0.15) is 5.26 Å². The summed E-state index contributed by atoms with van der Waals surface area (Å²) in [5.74, 6) is -0.120. The van der Waals surface area contributed by atoms with E-state index in [0.717, 1.165) is 34.5 Å². The topological polar surface area (TPSA) is 97.0 Å². The summed E-state index contributed by atoms with van der Waals surface area (Å²) in [4.78, 5) is 32.6. The summed E-state index contributed by atoms with van der Waals surface area (Å²) in [5.41, 5.74) is 2.04. The molecule has 1 saturated heterocycles. The zero-order valence-corrected chi connectivity index (χ0v) is 19.6. The zero-order chi connectivity index (χ0) is 22.7. The number of thioether (sulfide) groups is 1. The summed E-state index contributed by atoms with van der Waals surface area (Å²) in [6, 6.07) is 8.83. The first-order valence-corrected chi connectivity index (χ1v) is 12.4. The molecule has 0 spiro atoms. The number of carbonyl (C=O) groups excluding carboxylic acids is 1. The van der Waals surface area contributed by atoms with E-state index in [1.165, 1.54) is 23.1 Å². The molecule has 1 aliphatic rings. The number of carbonyl (C=O) groups is 1. The van der Waals surface area contributed by atoms with Gasteiger partial charge in [-0.1, -0.05) is 24.8 Å². The monoisotopic (exact) mass is 468 g/mol. The van der Waals surface area contributed by atoms with Crippen molar-refractivity contribution < 1.29 is 9.53 Å². The number of nitrogens with one attached hydrogen (secondary N) is 1. The van der Waals surface area contributed by atoms with Crippen molar-refractivity contribution in [3.05, 3.63) is 50.6 Å². The molecule has 32 heavy (non-hydrogen) atoms. The first-order valence-electron chi connectivity index (χ1n) is 10.6. The predicted octanol–water partition coefficient (Wildman–Crippen LogP) is 4.11. The van der Waals surface area contributed by atoms with Gasteiger partial charge in [-0.3, -0.25) is 14.2 Å². The van der Waals surface area contributed by atoms with Crippen LogP contribution in [0.2, 0.25) is 0 Å². The summed E-state index contributed by atoms with van der Waals surface area (Å²) in [6.45, 7) is 5.21. The Morgan fingerprint density at radius 1 is 1.47 bits per heavy atom. The Bertz CT molecular complexity index is 1250. The van der Waals surface area contributed by atoms with Crippen molar-refractivity contribution in [1.29, 1.82) is 5.26 Å². The van der Waals surface area contributed by atoms with Crippen LogP contribution in [-0.4, -0.2) is 33.9 Å². The number of rotatable bonds is 7. The smallest absolute Gasteiger partial charge is 0.263 e. The van der Waals surface area contributed by atoms with Gasteiger partial charge in [0.25, 0.3) is 5.56 Å². The number of thiophene rings is 1. The Kier molecular flexibility index (Phi) is 6.94. The molecule has 1 unspecified atom stereocenters. The van der Waals surface area contributed by atoms with Gasteiger partial charge in [-0.15, -0.1) is 11.3 Å². The number of ether oxygens (including phenoxy) is 1. The van der Waals surface area contributed by atoms with Gasteiger partial charge in [0.2, 0.25) is 5.91 Å². The lowest BCUT2D eigenvalue weighted by atomic mass is 10.1. The quantitative estimate of drug-likeness (QED) is 0.414. The van der Waals surface area contributed by atoms with Crippen LogP contribution in [0.5, 0.6) is 0 Å². The molecule has 1 fully saturated rings. The van der Waals surface area contributed by atoms with Gasteiger partial charge in [0, 0.05) is 17.2 Å². The molecule has 0 aliphatic carbocycles. The Morgan fingerprint density at radius 3 is 3.03 bits per heavy atom. The number of nitriles is 1. The number of fused-ring (bicyclic) bond motifs is 1. The average Bonchev–Trinajstić information content (AvgIpc) is 3.41. The third-order valence-corrected chi connectivity index (χ3v) is 7.47. The number of anilines is 1. The molecular weight excluding hydrogens is 444 g/mol. The molecule has 3 heterocycles. The van der Waals surface area contributed by atoms with E-state index < -0.39 is 0 Å². The first kappa shape index (κ1) is 22.5. The fourth-order valence-electron chi connectivity index (χ4n) is 3.91. The first-order chi connectivity index (χ1) is 15.5. The van der Waals surface area contributed by atoms with Crippen LogP contribution in [0.3, 0.4) is 0 Å². The Morgan fingerprint density at radius 2 is 2.31 bits per heavy atom. The van der Waals surface area contributed by atoms with Gasteiger partial charge in [-0.05, 0) is 49.9 Å². The van der Waals surface area contributed by atoms with Crippen molar-refractivity contribution in [2.75, 3.05) is 17.7 Å². The number of hydrogen-bond acceptors (Lipinski definition) is 7. The van der Waals surface area contributed by atoms with Crippen LogP contribution in [0.4, 0.5) is 5.69 Å². The van der Waals surface area contributed by atoms with Gasteiger partial charge in [0.15, 0.2) is 5.16 Å². The number of hydrogen-bond donors (Lipinski definition) is 1. The number of aromatic nitrogens is 2. The molecule has 9 heteroatoms. The van der Waals surface area contributed by atoms with E-state index in [9.17, 15) is 9.59 Å². The van der Waals surface area contributed by atoms with Crippen molar-refractivity contribution in [3.8, 4) is 6.07 Å². The molecule has 3 aromatic rings. The van der Waals surface area contributed by atoms with Crippen LogP contribution in [0, 0.1) is 18.3 Å². The Labute approximate surface area is 194 Å². The minimum absolute atomic E-state index is 0.0151. The fourth-order valence-corrected chi connectivity index (χ4v) is 5.88. The maximum atomic E-state index is 13.5. The maximum absolute atomic E-state index is 13.5. The van der Waals surface area contributed by atoms with Crippen molar-refractivity contribution >= 4 is 44.9 Å². The molecular formula is C23H24N4O3S2. The molecule has 2 aromatic heterocycles. The molecule has 0 saturated carbocycles. The average molecular weight is 469 g/mol. The molecule has 1 atom stereocenters. The molecule has 166 valence electrons. The molecule has 1 aliphatic heterocycles. The second-order valence-electron chi connectivity index (χ2n) is 7.65. The molecule has 1 aromatic carbocycles. The van der Waals surface area contributed by atoms with Gasteiger partial charge < -0.3 is 10.1 Å². The second-order valence-corrected chi connectivity index (χ2v) is 9.79. The van der Waals surface area contributed by atoms with Crippen LogP contribution >= 0.6 is 23.1 Å². The standard InChI is InChI=1S/C23H24N4O3S2/c1-3-18-14(2)32-21-20(18)22(29)27(12-17-8-5-9-30-17)23(26-21)31-13-19(28)25-16-7-4-6-15(10-16)11-24/h4,6-7,10,17H,3,5,8-9,12-13H2,1-2H3,(H,25,28). The van der Waals surface area contributed by atoms with E-state index in [1.54, 1.807) is 28.8 Å². The summed E-state index contributed by atoms with van der Waals surface area (Å²) < 4.78 is 7.45. The highest BCUT2D eigenvalue weighted by Crippen LogP contribution is 2.30. The third-order valence-electron chi connectivity index (χ3n) is 5.45. The highest BCUT2D eigenvalue weighted by molar-refractivity contribution is 7.99. The largest absolute Gasteiger partial charge is 0.376 e. The summed E-state index contributed by atoms with van der Waals surface area (Å²) in [5, 5.41) is 13.1. The van der Waals surface area contributed by atoms with E-state index in [4.69, 9.17) is 15.0 Å². The molecule has 1 amide bonds. The maximum Gasteiger partial charge on any atom is 0.263 e. The number of amides is 1. The number of benzene rings is 1. The number of nitrogens with zero attached hydrogens (tertiary/aromatic N) is 3. The SMILES string of the molecule is CCc1c(C)sc2nc(SCC(=O)Nc3cccc(C#N)c3)n(CC3CCCO3)c(=O)c12. The van der Waals surface area contributed by atoms with Crippen molar-refractivity contribution in [2.45, 2.75) is 50.9 Å². The molecule has 1 N–H and O–H groups in total. The highest BCUT2D eigenvalue weighted by atomic mass is 32.2. The summed E-state index contributed by atoms with van der Waals surface area (Å²) in [6.07, 6.45) is 2.66. The third kappa shape index (κ3) is 4.72. The van der Waals surface area contributed by atoms with Crippen LogP contribution in [0.1, 0.15) is 35.8 Å². The van der Waals surface area contributed by atoms with E-state index in [1.807, 2.05) is 13.8 Å². The number of aryl methyl sites for hydroxylation is 2.